The standard InChI is InChI=1S/C66H112NO8P/c1-3-5-7-9-11-13-15-17-19-20-21-22-23-24-25-26-27-28-29-30-31-32-33-34-35-36-37-38-39-40-41-42-43-44-45-47-49-51-53-55-57-59-66(69)75-64(63-74-76(70,71)73-61-60-67)62-72-65(68)58-56-54-52-50-48-46-18-16-14-12-10-8-6-4-2/h5,7,11,13,16-19,21-22,24-25,27-28,30-31,33-34,36-37,64H,3-4,6,8-10,12,14-15,20,23,26,29,32,35,38-63,67H2,1-2H3,(H,70,71)/b7-5-,13-11-,18-16-,19-17-,22-21-,25-24-,28-27-,31-30-,34-33-,37-36-. The fourth-order valence-corrected chi connectivity index (χ4v) is 8.86. The molecule has 0 saturated carbocycles. The molecule has 0 aliphatic carbocycles. The van der Waals surface area contributed by atoms with Crippen LogP contribution >= 0.6 is 7.82 Å². The molecule has 0 radical (unpaired) electrons. The molecule has 3 N–H and O–H groups in total. The Kier molecular flexibility index (Phi) is 57.8. The number of esters is 2. The van der Waals surface area contributed by atoms with Crippen molar-refractivity contribution in [2.75, 3.05) is 26.4 Å². The van der Waals surface area contributed by atoms with E-state index in [0.29, 0.717) is 6.42 Å². The van der Waals surface area contributed by atoms with Gasteiger partial charge in [0, 0.05) is 19.4 Å². The van der Waals surface area contributed by atoms with Crippen LogP contribution in [0.4, 0.5) is 0 Å². The molecule has 0 saturated heterocycles. The Bertz CT molecular complexity index is 1660. The van der Waals surface area contributed by atoms with E-state index in [1.165, 1.54) is 103 Å². The summed E-state index contributed by atoms with van der Waals surface area (Å²) >= 11 is 0. The molecular formula is C66H112NO8P. The molecule has 0 aliphatic rings. The zero-order chi connectivity index (χ0) is 55.2. The number of phosphoric ester groups is 1. The van der Waals surface area contributed by atoms with Gasteiger partial charge in [0.15, 0.2) is 6.10 Å². The number of allylic oxidation sites excluding steroid dienone is 20. The number of ether oxygens (including phenoxy) is 2. The molecule has 0 rings (SSSR count). The summed E-state index contributed by atoms with van der Waals surface area (Å²) in [5, 5.41) is 0. The lowest BCUT2D eigenvalue weighted by molar-refractivity contribution is -0.161. The molecule has 0 aromatic heterocycles. The summed E-state index contributed by atoms with van der Waals surface area (Å²) in [6, 6.07) is 0. The van der Waals surface area contributed by atoms with Crippen molar-refractivity contribution in [2.45, 2.75) is 258 Å². The van der Waals surface area contributed by atoms with Crippen molar-refractivity contribution < 1.29 is 37.6 Å². The first-order chi connectivity index (χ1) is 37.3. The van der Waals surface area contributed by atoms with Crippen LogP contribution in [0.3, 0.4) is 0 Å². The maximum Gasteiger partial charge on any atom is 0.472 e. The molecule has 10 heteroatoms. The minimum atomic E-state index is -4.39. The SMILES string of the molecule is CC/C=C\C/C=C\C/C=C\C/C=C\C/C=C\C/C=C\C/C=C\C/C=C\C/C=C\CCCCCCCCCCCCCCCC(=O)OC(COC(=O)CCCCCCC/C=C\CCCCCCC)COP(=O)(O)OCCN. The maximum atomic E-state index is 12.7. The van der Waals surface area contributed by atoms with Gasteiger partial charge in [-0.15, -0.1) is 0 Å². The van der Waals surface area contributed by atoms with Crippen molar-refractivity contribution in [1.29, 1.82) is 0 Å². The Balaban J connectivity index is 3.90. The molecule has 2 atom stereocenters. The summed E-state index contributed by atoms with van der Waals surface area (Å²) < 4.78 is 33.0. The molecule has 9 nitrogen and oxygen atoms in total. The summed E-state index contributed by atoms with van der Waals surface area (Å²) in [6.45, 7) is 3.60. The quantitative estimate of drug-likeness (QED) is 0.0264. The van der Waals surface area contributed by atoms with Gasteiger partial charge < -0.3 is 20.1 Å². The van der Waals surface area contributed by atoms with Gasteiger partial charge in [-0.25, -0.2) is 4.57 Å². The van der Waals surface area contributed by atoms with Crippen LogP contribution in [-0.4, -0.2) is 49.3 Å². The average Bonchev–Trinajstić information content (AvgIpc) is 3.41. The summed E-state index contributed by atoms with van der Waals surface area (Å²) in [4.78, 5) is 35.1. The number of hydrogen-bond acceptors (Lipinski definition) is 8. The van der Waals surface area contributed by atoms with Gasteiger partial charge in [-0.1, -0.05) is 251 Å². The number of hydrogen-bond donors (Lipinski definition) is 2. The van der Waals surface area contributed by atoms with Crippen LogP contribution in [0.2, 0.25) is 0 Å². The number of carbonyl (C=O) groups is 2. The van der Waals surface area contributed by atoms with Crippen molar-refractivity contribution >= 4 is 19.8 Å². The number of rotatable bonds is 56. The fraction of sp³-hybridized carbons (Fsp3) is 0.667. The van der Waals surface area contributed by atoms with Gasteiger partial charge in [0.05, 0.1) is 13.2 Å². The smallest absolute Gasteiger partial charge is 0.462 e. The van der Waals surface area contributed by atoms with Crippen LogP contribution in [0.5, 0.6) is 0 Å². The second-order valence-electron chi connectivity index (χ2n) is 19.8. The Labute approximate surface area is 466 Å². The van der Waals surface area contributed by atoms with E-state index in [9.17, 15) is 19.0 Å². The number of carbonyl (C=O) groups excluding carboxylic acids is 2. The van der Waals surface area contributed by atoms with Gasteiger partial charge in [-0.2, -0.15) is 0 Å². The van der Waals surface area contributed by atoms with Crippen molar-refractivity contribution in [3.63, 3.8) is 0 Å². The lowest BCUT2D eigenvalue weighted by atomic mass is 10.0. The Morgan fingerprint density at radius 2 is 0.724 bits per heavy atom. The summed E-state index contributed by atoms with van der Waals surface area (Å²) in [7, 11) is -4.39. The van der Waals surface area contributed by atoms with Crippen LogP contribution in [-0.2, 0) is 32.7 Å². The third-order valence-corrected chi connectivity index (χ3v) is 13.6. The highest BCUT2D eigenvalue weighted by Gasteiger charge is 2.26. The number of phosphoric acid groups is 1. The number of unbranched alkanes of at least 4 members (excludes halogenated alkanes) is 23. The molecule has 0 heterocycles. The van der Waals surface area contributed by atoms with Gasteiger partial charge in [0.1, 0.15) is 6.61 Å². The topological polar surface area (TPSA) is 134 Å². The first kappa shape index (κ1) is 72.4. The van der Waals surface area contributed by atoms with Gasteiger partial charge in [-0.3, -0.25) is 18.6 Å². The van der Waals surface area contributed by atoms with Crippen molar-refractivity contribution in [3.05, 3.63) is 122 Å². The zero-order valence-corrected chi connectivity index (χ0v) is 49.3. The maximum absolute atomic E-state index is 12.7. The van der Waals surface area contributed by atoms with Crippen LogP contribution in [0.1, 0.15) is 251 Å². The Morgan fingerprint density at radius 1 is 0.408 bits per heavy atom. The highest BCUT2D eigenvalue weighted by atomic mass is 31.2. The predicted octanol–water partition coefficient (Wildman–Crippen LogP) is 19.6. The van der Waals surface area contributed by atoms with E-state index in [1.807, 2.05) is 0 Å². The Morgan fingerprint density at radius 3 is 1.09 bits per heavy atom. The normalized spacial score (nSPS) is 13.9. The van der Waals surface area contributed by atoms with Crippen molar-refractivity contribution in [2.24, 2.45) is 5.73 Å². The molecule has 0 amide bonds. The molecular weight excluding hydrogens is 966 g/mol. The van der Waals surface area contributed by atoms with Crippen LogP contribution < -0.4 is 5.73 Å². The van der Waals surface area contributed by atoms with E-state index in [1.54, 1.807) is 0 Å². The van der Waals surface area contributed by atoms with E-state index >= 15 is 0 Å². The van der Waals surface area contributed by atoms with Crippen LogP contribution in [0.15, 0.2) is 122 Å². The summed E-state index contributed by atoms with van der Waals surface area (Å²) in [5.41, 5.74) is 5.38. The molecule has 76 heavy (non-hydrogen) atoms. The average molecular weight is 1080 g/mol. The molecule has 2 unspecified atom stereocenters. The van der Waals surface area contributed by atoms with E-state index in [-0.39, 0.29) is 32.6 Å². The second kappa shape index (κ2) is 60.6. The first-order valence-corrected chi connectivity index (χ1v) is 32.0. The fourth-order valence-electron chi connectivity index (χ4n) is 8.09. The molecule has 0 aliphatic heterocycles. The minimum Gasteiger partial charge on any atom is -0.462 e. The summed E-state index contributed by atoms with van der Waals surface area (Å²) in [6.07, 6.45) is 84.1. The molecule has 0 aromatic rings. The zero-order valence-electron chi connectivity index (χ0n) is 48.4. The van der Waals surface area contributed by atoms with E-state index in [4.69, 9.17) is 24.3 Å². The minimum absolute atomic E-state index is 0.0483. The first-order valence-electron chi connectivity index (χ1n) is 30.5. The van der Waals surface area contributed by atoms with Gasteiger partial charge in [0.25, 0.3) is 0 Å². The van der Waals surface area contributed by atoms with Crippen molar-refractivity contribution in [3.8, 4) is 0 Å². The van der Waals surface area contributed by atoms with E-state index in [2.05, 4.69) is 135 Å². The summed E-state index contributed by atoms with van der Waals surface area (Å²) in [5.74, 6) is -0.841. The van der Waals surface area contributed by atoms with E-state index in [0.717, 1.165) is 116 Å². The van der Waals surface area contributed by atoms with E-state index < -0.39 is 32.5 Å². The molecule has 0 spiro atoms. The van der Waals surface area contributed by atoms with Crippen LogP contribution in [0.25, 0.3) is 0 Å². The van der Waals surface area contributed by atoms with Crippen molar-refractivity contribution in [1.82, 2.24) is 0 Å². The van der Waals surface area contributed by atoms with Gasteiger partial charge in [0.2, 0.25) is 0 Å². The van der Waals surface area contributed by atoms with Gasteiger partial charge >= 0.3 is 19.8 Å². The number of nitrogens with two attached hydrogens (primary N) is 1. The largest absolute Gasteiger partial charge is 0.472 e. The lowest BCUT2D eigenvalue weighted by Gasteiger charge is -2.19. The Hall–Kier alpha value is -3.59. The van der Waals surface area contributed by atoms with Gasteiger partial charge in [-0.05, 0) is 109 Å². The third kappa shape index (κ3) is 59.7. The monoisotopic (exact) mass is 1080 g/mol. The molecule has 0 aromatic carbocycles. The highest BCUT2D eigenvalue weighted by Crippen LogP contribution is 2.43. The molecule has 434 valence electrons. The predicted molar refractivity (Wildman–Crippen MR) is 325 cm³/mol. The second-order valence-corrected chi connectivity index (χ2v) is 21.3. The third-order valence-electron chi connectivity index (χ3n) is 12.6. The molecule has 0 fully saturated rings. The molecule has 0 bridgehead atoms. The van der Waals surface area contributed by atoms with Crippen LogP contribution in [0, 0.1) is 0 Å². The lowest BCUT2D eigenvalue weighted by Crippen LogP contribution is -2.29. The highest BCUT2D eigenvalue weighted by molar-refractivity contribution is 7.47.